The molecule has 0 N–H and O–H groups in total. The number of ether oxygens (including phenoxy) is 1. The average Bonchev–Trinajstić information content (AvgIpc) is 2.04. The predicted octanol–water partition coefficient (Wildman–Crippen LogP) is 2.60. The summed E-state index contributed by atoms with van der Waals surface area (Å²) in [6, 6.07) is 8.03. The molecule has 0 amide bonds. The van der Waals surface area contributed by atoms with Crippen LogP contribution in [0, 0.1) is 13.8 Å². The fourth-order valence-electron chi connectivity index (χ4n) is 0.825. The predicted molar refractivity (Wildman–Crippen MR) is 46.6 cm³/mol. The summed E-state index contributed by atoms with van der Waals surface area (Å²) in [6.07, 6.45) is 0.813. The molecular formula is C10H13O. The van der Waals surface area contributed by atoms with Crippen molar-refractivity contribution in [3.8, 4) is 5.75 Å². The monoisotopic (exact) mass is 149 g/mol. The standard InChI is InChI=1S/C10H13O/c1-3-8-11-10-6-4-9(2)5-7-10/h4-7H,1,3,8H2,2H3. The van der Waals surface area contributed by atoms with Crippen LogP contribution in [0.5, 0.6) is 5.75 Å². The van der Waals surface area contributed by atoms with E-state index in [0.29, 0.717) is 6.61 Å². The lowest BCUT2D eigenvalue weighted by molar-refractivity contribution is 0.324. The summed E-state index contributed by atoms with van der Waals surface area (Å²) in [5, 5.41) is 0. The summed E-state index contributed by atoms with van der Waals surface area (Å²) in [6.45, 7) is 6.45. The highest BCUT2D eigenvalue weighted by Gasteiger charge is 1.89. The van der Waals surface area contributed by atoms with Crippen LogP contribution in [0.25, 0.3) is 0 Å². The molecule has 0 aliphatic rings. The maximum atomic E-state index is 5.35. The number of hydrogen-bond acceptors (Lipinski definition) is 1. The van der Waals surface area contributed by atoms with Gasteiger partial charge in [0.05, 0.1) is 6.61 Å². The zero-order chi connectivity index (χ0) is 8.10. The number of rotatable bonds is 3. The molecule has 0 bridgehead atoms. The van der Waals surface area contributed by atoms with Crippen molar-refractivity contribution in [2.24, 2.45) is 0 Å². The van der Waals surface area contributed by atoms with Gasteiger partial charge in [0.25, 0.3) is 0 Å². The molecule has 59 valence electrons. The molecule has 0 unspecified atom stereocenters. The summed E-state index contributed by atoms with van der Waals surface area (Å²) in [5.41, 5.74) is 1.26. The quantitative estimate of drug-likeness (QED) is 0.641. The van der Waals surface area contributed by atoms with E-state index in [-0.39, 0.29) is 0 Å². The summed E-state index contributed by atoms with van der Waals surface area (Å²) in [5.74, 6) is 0.930. The van der Waals surface area contributed by atoms with Crippen LogP contribution in [0.4, 0.5) is 0 Å². The van der Waals surface area contributed by atoms with Crippen molar-refractivity contribution >= 4 is 0 Å². The second kappa shape index (κ2) is 4.02. The lowest BCUT2D eigenvalue weighted by atomic mass is 10.2. The lowest BCUT2D eigenvalue weighted by Gasteiger charge is -2.03. The molecule has 1 nitrogen and oxygen atoms in total. The maximum absolute atomic E-state index is 5.35. The van der Waals surface area contributed by atoms with E-state index in [0.717, 1.165) is 12.2 Å². The second-order valence-corrected chi connectivity index (χ2v) is 2.52. The van der Waals surface area contributed by atoms with E-state index in [9.17, 15) is 0 Å². The van der Waals surface area contributed by atoms with Crippen LogP contribution in [-0.4, -0.2) is 6.61 Å². The van der Waals surface area contributed by atoms with Gasteiger partial charge < -0.3 is 4.74 Å². The Hall–Kier alpha value is -0.980. The molecule has 0 aliphatic carbocycles. The van der Waals surface area contributed by atoms with Gasteiger partial charge in [0, 0.05) is 0 Å². The summed E-state index contributed by atoms with van der Waals surface area (Å²) in [4.78, 5) is 0. The smallest absolute Gasteiger partial charge is 0.119 e. The molecule has 0 saturated heterocycles. The van der Waals surface area contributed by atoms with Crippen LogP contribution in [-0.2, 0) is 0 Å². The first-order valence-electron chi connectivity index (χ1n) is 3.81. The first kappa shape index (κ1) is 8.12. The Bertz CT molecular complexity index is 201. The maximum Gasteiger partial charge on any atom is 0.119 e. The van der Waals surface area contributed by atoms with Crippen LogP contribution in [0.3, 0.4) is 0 Å². The van der Waals surface area contributed by atoms with Crippen molar-refractivity contribution in [2.45, 2.75) is 13.3 Å². The van der Waals surface area contributed by atoms with Crippen LogP contribution in [0.15, 0.2) is 24.3 Å². The minimum Gasteiger partial charge on any atom is -0.494 e. The Labute approximate surface area is 68.0 Å². The molecule has 0 atom stereocenters. The molecule has 0 aliphatic heterocycles. The molecule has 1 radical (unpaired) electrons. The summed E-state index contributed by atoms with van der Waals surface area (Å²) in [7, 11) is 0. The number of benzene rings is 1. The van der Waals surface area contributed by atoms with Crippen molar-refractivity contribution in [3.05, 3.63) is 36.8 Å². The lowest BCUT2D eigenvalue weighted by Crippen LogP contribution is -1.94. The Morgan fingerprint density at radius 2 is 1.91 bits per heavy atom. The Morgan fingerprint density at radius 3 is 2.45 bits per heavy atom. The van der Waals surface area contributed by atoms with Crippen LogP contribution in [0.2, 0.25) is 0 Å². The molecular weight excluding hydrogens is 136 g/mol. The minimum atomic E-state index is 0.697. The highest BCUT2D eigenvalue weighted by atomic mass is 16.5. The molecule has 11 heavy (non-hydrogen) atoms. The topological polar surface area (TPSA) is 9.23 Å². The normalized spacial score (nSPS) is 9.64. The largest absolute Gasteiger partial charge is 0.494 e. The van der Waals surface area contributed by atoms with Crippen LogP contribution < -0.4 is 4.74 Å². The first-order chi connectivity index (χ1) is 5.33. The van der Waals surface area contributed by atoms with Crippen molar-refractivity contribution in [1.82, 2.24) is 0 Å². The minimum absolute atomic E-state index is 0.697. The van der Waals surface area contributed by atoms with E-state index in [1.54, 1.807) is 0 Å². The molecule has 1 aromatic rings. The molecule has 0 fully saturated rings. The van der Waals surface area contributed by atoms with Gasteiger partial charge >= 0.3 is 0 Å². The molecule has 0 heterocycles. The fourth-order valence-corrected chi connectivity index (χ4v) is 0.825. The van der Waals surface area contributed by atoms with Gasteiger partial charge in [-0.05, 0) is 32.4 Å². The molecule has 0 saturated carbocycles. The zero-order valence-electron chi connectivity index (χ0n) is 6.84. The van der Waals surface area contributed by atoms with Gasteiger partial charge in [-0.3, -0.25) is 0 Å². The second-order valence-electron chi connectivity index (χ2n) is 2.52. The van der Waals surface area contributed by atoms with Crippen LogP contribution in [0.1, 0.15) is 12.0 Å². The fraction of sp³-hybridized carbons (Fsp3) is 0.300. The highest BCUT2D eigenvalue weighted by molar-refractivity contribution is 5.26. The van der Waals surface area contributed by atoms with Gasteiger partial charge in [0.1, 0.15) is 5.75 Å². The molecule has 1 aromatic carbocycles. The van der Waals surface area contributed by atoms with Crippen molar-refractivity contribution < 1.29 is 4.74 Å². The molecule has 0 aromatic heterocycles. The average molecular weight is 149 g/mol. The third-order valence-corrected chi connectivity index (χ3v) is 1.43. The van der Waals surface area contributed by atoms with Crippen molar-refractivity contribution in [1.29, 1.82) is 0 Å². The molecule has 0 spiro atoms. The summed E-state index contributed by atoms with van der Waals surface area (Å²) >= 11 is 0. The van der Waals surface area contributed by atoms with Gasteiger partial charge in [-0.1, -0.05) is 17.7 Å². The highest BCUT2D eigenvalue weighted by Crippen LogP contribution is 2.11. The number of hydrogen-bond donors (Lipinski definition) is 0. The SMILES string of the molecule is [CH2]CCOc1ccc(C)cc1. The van der Waals surface area contributed by atoms with Crippen molar-refractivity contribution in [2.75, 3.05) is 6.61 Å². The Morgan fingerprint density at radius 1 is 1.27 bits per heavy atom. The molecule has 1 heteroatoms. The van der Waals surface area contributed by atoms with Crippen molar-refractivity contribution in [3.63, 3.8) is 0 Å². The van der Waals surface area contributed by atoms with Gasteiger partial charge in [0.15, 0.2) is 0 Å². The zero-order valence-corrected chi connectivity index (χ0v) is 6.84. The van der Waals surface area contributed by atoms with E-state index in [4.69, 9.17) is 4.74 Å². The van der Waals surface area contributed by atoms with Gasteiger partial charge in [-0.2, -0.15) is 0 Å². The van der Waals surface area contributed by atoms with Crippen LogP contribution >= 0.6 is 0 Å². The van der Waals surface area contributed by atoms with E-state index < -0.39 is 0 Å². The Balaban J connectivity index is 2.52. The number of aryl methyl sites for hydroxylation is 1. The van der Waals surface area contributed by atoms with Gasteiger partial charge in [-0.15, -0.1) is 0 Å². The van der Waals surface area contributed by atoms with Gasteiger partial charge in [0.2, 0.25) is 0 Å². The van der Waals surface area contributed by atoms with E-state index >= 15 is 0 Å². The summed E-state index contributed by atoms with van der Waals surface area (Å²) < 4.78 is 5.35. The van der Waals surface area contributed by atoms with E-state index in [2.05, 4.69) is 13.8 Å². The van der Waals surface area contributed by atoms with Gasteiger partial charge in [-0.25, -0.2) is 0 Å². The van der Waals surface area contributed by atoms with E-state index in [1.807, 2.05) is 24.3 Å². The first-order valence-corrected chi connectivity index (χ1v) is 3.81. The van der Waals surface area contributed by atoms with E-state index in [1.165, 1.54) is 5.56 Å². The third kappa shape index (κ3) is 2.62. The third-order valence-electron chi connectivity index (χ3n) is 1.43. The Kier molecular flexibility index (Phi) is 2.96. The molecule has 1 rings (SSSR count).